The maximum absolute atomic E-state index is 8.68. The molecule has 0 N–H and O–H groups in total. The average Bonchev–Trinajstić information content (AvgIpc) is 2.33. The molecule has 0 atom stereocenters. The maximum Gasteiger partial charge on any atom is 0.213 e. The quantitative estimate of drug-likeness (QED) is 0.783. The molecule has 0 bridgehead atoms. The van der Waals surface area contributed by atoms with Crippen molar-refractivity contribution >= 4 is 0 Å². The molecule has 1 heterocycles. The van der Waals surface area contributed by atoms with Gasteiger partial charge in [-0.2, -0.15) is 5.26 Å². The highest BCUT2D eigenvalue weighted by atomic mass is 16.5. The lowest BCUT2D eigenvalue weighted by Crippen LogP contribution is -2.28. The van der Waals surface area contributed by atoms with Gasteiger partial charge in [-0.15, -0.1) is 0 Å². The molecule has 0 saturated heterocycles. The first-order valence-corrected chi connectivity index (χ1v) is 6.12. The van der Waals surface area contributed by atoms with Crippen molar-refractivity contribution in [3.05, 3.63) is 23.9 Å². The highest BCUT2D eigenvalue weighted by molar-refractivity contribution is 5.28. The topological polar surface area (TPSA) is 45.9 Å². The van der Waals surface area contributed by atoms with Crippen molar-refractivity contribution in [1.29, 1.82) is 5.26 Å². The number of pyridine rings is 1. The fourth-order valence-electron chi connectivity index (χ4n) is 2.18. The Morgan fingerprint density at radius 1 is 1.35 bits per heavy atom. The van der Waals surface area contributed by atoms with Gasteiger partial charge in [-0.3, -0.25) is 0 Å². The van der Waals surface area contributed by atoms with Crippen LogP contribution in [0.1, 0.15) is 45.1 Å². The summed E-state index contributed by atoms with van der Waals surface area (Å²) in [6.07, 6.45) is 6.43. The van der Waals surface area contributed by atoms with Crippen LogP contribution in [0.4, 0.5) is 0 Å². The summed E-state index contributed by atoms with van der Waals surface area (Å²) in [5.74, 6) is 0.633. The van der Waals surface area contributed by atoms with Crippen molar-refractivity contribution in [3.8, 4) is 11.9 Å². The van der Waals surface area contributed by atoms with E-state index in [1.807, 2.05) is 0 Å². The van der Waals surface area contributed by atoms with Gasteiger partial charge in [-0.25, -0.2) is 4.98 Å². The number of nitriles is 1. The minimum atomic E-state index is 0.281. The first kappa shape index (κ1) is 11.9. The van der Waals surface area contributed by atoms with E-state index in [0.717, 1.165) is 12.8 Å². The SMILES string of the molecule is CC1(C)CCC(Oc2ccc(C#N)cn2)CC1. The monoisotopic (exact) mass is 230 g/mol. The van der Waals surface area contributed by atoms with Crippen LogP contribution in [0, 0.1) is 16.7 Å². The second-order valence-electron chi connectivity index (χ2n) is 5.48. The predicted molar refractivity (Wildman–Crippen MR) is 65.6 cm³/mol. The highest BCUT2D eigenvalue weighted by Gasteiger charge is 2.27. The Kier molecular flexibility index (Phi) is 3.33. The molecule has 1 aromatic rings. The molecule has 0 aromatic carbocycles. The molecule has 1 aliphatic rings. The normalized spacial score (nSPS) is 19.6. The van der Waals surface area contributed by atoms with Crippen LogP contribution in [0.2, 0.25) is 0 Å². The Morgan fingerprint density at radius 3 is 2.59 bits per heavy atom. The molecule has 0 spiro atoms. The van der Waals surface area contributed by atoms with E-state index >= 15 is 0 Å². The molecule has 3 heteroatoms. The van der Waals surface area contributed by atoms with Crippen LogP contribution < -0.4 is 4.74 Å². The van der Waals surface area contributed by atoms with Crippen molar-refractivity contribution in [2.75, 3.05) is 0 Å². The fraction of sp³-hybridized carbons (Fsp3) is 0.571. The Balaban J connectivity index is 1.91. The number of aromatic nitrogens is 1. The third kappa shape index (κ3) is 3.20. The van der Waals surface area contributed by atoms with Gasteiger partial charge >= 0.3 is 0 Å². The average molecular weight is 230 g/mol. The molecule has 90 valence electrons. The molecule has 17 heavy (non-hydrogen) atoms. The number of rotatable bonds is 2. The summed E-state index contributed by atoms with van der Waals surface area (Å²) in [7, 11) is 0. The molecular formula is C14H18N2O. The van der Waals surface area contributed by atoms with Gasteiger partial charge in [0.2, 0.25) is 5.88 Å². The largest absolute Gasteiger partial charge is 0.474 e. The minimum absolute atomic E-state index is 0.281. The molecule has 0 aliphatic heterocycles. The smallest absolute Gasteiger partial charge is 0.213 e. The maximum atomic E-state index is 8.68. The van der Waals surface area contributed by atoms with Crippen molar-refractivity contribution in [2.45, 2.75) is 45.6 Å². The number of ether oxygens (including phenoxy) is 1. The number of hydrogen-bond acceptors (Lipinski definition) is 3. The van der Waals surface area contributed by atoms with Crippen LogP contribution >= 0.6 is 0 Å². The number of nitrogens with zero attached hydrogens (tertiary/aromatic N) is 2. The van der Waals surface area contributed by atoms with Crippen LogP contribution in [0.3, 0.4) is 0 Å². The van der Waals surface area contributed by atoms with Crippen LogP contribution in [-0.4, -0.2) is 11.1 Å². The van der Waals surface area contributed by atoms with E-state index < -0.39 is 0 Å². The Hall–Kier alpha value is -1.56. The van der Waals surface area contributed by atoms with E-state index in [1.54, 1.807) is 18.3 Å². The summed E-state index contributed by atoms with van der Waals surface area (Å²) < 4.78 is 5.83. The summed E-state index contributed by atoms with van der Waals surface area (Å²) in [6, 6.07) is 5.57. The van der Waals surface area contributed by atoms with Gasteiger partial charge in [0.15, 0.2) is 0 Å². The molecule has 0 unspecified atom stereocenters. The fourth-order valence-corrected chi connectivity index (χ4v) is 2.18. The third-order valence-corrected chi connectivity index (χ3v) is 3.44. The van der Waals surface area contributed by atoms with Crippen molar-refractivity contribution < 1.29 is 4.74 Å². The minimum Gasteiger partial charge on any atom is -0.474 e. The first-order chi connectivity index (χ1) is 8.09. The van der Waals surface area contributed by atoms with Gasteiger partial charge in [-0.1, -0.05) is 13.8 Å². The lowest BCUT2D eigenvalue weighted by Gasteiger charge is -2.34. The summed E-state index contributed by atoms with van der Waals surface area (Å²) in [6.45, 7) is 4.62. The Morgan fingerprint density at radius 2 is 2.06 bits per heavy atom. The standard InChI is InChI=1S/C14H18N2O/c1-14(2)7-5-12(6-8-14)17-13-4-3-11(9-15)10-16-13/h3-4,10,12H,5-8H2,1-2H3. The van der Waals surface area contributed by atoms with E-state index in [2.05, 4.69) is 24.9 Å². The van der Waals surface area contributed by atoms with E-state index in [9.17, 15) is 0 Å². The summed E-state index contributed by atoms with van der Waals surface area (Å²) >= 11 is 0. The Labute approximate surface area is 102 Å². The summed E-state index contributed by atoms with van der Waals surface area (Å²) in [5, 5.41) is 8.68. The lowest BCUT2D eigenvalue weighted by molar-refractivity contribution is 0.0949. The number of hydrogen-bond donors (Lipinski definition) is 0. The van der Waals surface area contributed by atoms with Gasteiger partial charge in [0.25, 0.3) is 0 Å². The molecule has 2 rings (SSSR count). The second kappa shape index (κ2) is 4.75. The molecule has 0 amide bonds. The zero-order valence-electron chi connectivity index (χ0n) is 10.4. The van der Waals surface area contributed by atoms with Crippen molar-refractivity contribution in [2.24, 2.45) is 5.41 Å². The lowest BCUT2D eigenvalue weighted by atomic mass is 9.76. The summed E-state index contributed by atoms with van der Waals surface area (Å²) in [5.41, 5.74) is 1.03. The van der Waals surface area contributed by atoms with Gasteiger partial charge in [-0.05, 0) is 37.2 Å². The Bertz CT molecular complexity index is 407. The van der Waals surface area contributed by atoms with Gasteiger partial charge in [0.05, 0.1) is 5.56 Å². The van der Waals surface area contributed by atoms with Gasteiger partial charge in [0, 0.05) is 12.3 Å². The van der Waals surface area contributed by atoms with Crippen LogP contribution in [0.5, 0.6) is 5.88 Å². The van der Waals surface area contributed by atoms with Crippen LogP contribution in [0.25, 0.3) is 0 Å². The van der Waals surface area contributed by atoms with E-state index in [0.29, 0.717) is 16.9 Å². The molecular weight excluding hydrogens is 212 g/mol. The van der Waals surface area contributed by atoms with Crippen molar-refractivity contribution in [3.63, 3.8) is 0 Å². The molecule has 1 saturated carbocycles. The molecule has 1 aromatic heterocycles. The second-order valence-corrected chi connectivity index (χ2v) is 5.48. The highest BCUT2D eigenvalue weighted by Crippen LogP contribution is 2.36. The van der Waals surface area contributed by atoms with Crippen LogP contribution in [-0.2, 0) is 0 Å². The zero-order valence-corrected chi connectivity index (χ0v) is 10.4. The van der Waals surface area contributed by atoms with Gasteiger partial charge < -0.3 is 4.74 Å². The third-order valence-electron chi connectivity index (χ3n) is 3.44. The molecule has 1 fully saturated rings. The van der Waals surface area contributed by atoms with E-state index in [-0.39, 0.29) is 6.10 Å². The van der Waals surface area contributed by atoms with Crippen molar-refractivity contribution in [1.82, 2.24) is 4.98 Å². The van der Waals surface area contributed by atoms with Crippen LogP contribution in [0.15, 0.2) is 18.3 Å². The molecule has 1 aliphatic carbocycles. The molecule has 3 nitrogen and oxygen atoms in total. The van der Waals surface area contributed by atoms with E-state index in [4.69, 9.17) is 10.00 Å². The zero-order chi connectivity index (χ0) is 12.3. The van der Waals surface area contributed by atoms with Gasteiger partial charge in [0.1, 0.15) is 12.2 Å². The predicted octanol–water partition coefficient (Wildman–Crippen LogP) is 3.30. The first-order valence-electron chi connectivity index (χ1n) is 6.12. The molecule has 0 radical (unpaired) electrons. The van der Waals surface area contributed by atoms with E-state index in [1.165, 1.54) is 12.8 Å². The summed E-state index contributed by atoms with van der Waals surface area (Å²) in [4.78, 5) is 4.14.